The lowest BCUT2D eigenvalue weighted by Crippen LogP contribution is -2.56. The van der Waals surface area contributed by atoms with Crippen molar-refractivity contribution < 1.29 is 19.0 Å². The van der Waals surface area contributed by atoms with Gasteiger partial charge in [-0.15, -0.1) is 0 Å². The molecule has 2 atom stereocenters. The molecule has 2 aromatic carbocycles. The van der Waals surface area contributed by atoms with Crippen LogP contribution in [0.2, 0.25) is 0 Å². The van der Waals surface area contributed by atoms with Gasteiger partial charge in [-0.05, 0) is 12.1 Å². The number of hydrogen-bond donors (Lipinski definition) is 0. The van der Waals surface area contributed by atoms with E-state index in [2.05, 4.69) is 0 Å². The average molecular weight is 282 g/mol. The molecular weight excluding hydrogens is 268 g/mol. The molecule has 106 valence electrons. The zero-order valence-corrected chi connectivity index (χ0v) is 11.5. The second kappa shape index (κ2) is 4.16. The Kier molecular flexibility index (Phi) is 2.49. The standard InChI is InChI=1S/C17H14O4/c1-19-17(12-7-3-2-4-8-12)16(11-20-16)15(18)13-9-5-6-10-14(13)21-17/h2-10H,11H2,1H3. The number of Topliss-reactive ketones (excluding diaryl/α,β-unsaturated/α-hetero) is 1. The fourth-order valence-electron chi connectivity index (χ4n) is 3.01. The van der Waals surface area contributed by atoms with E-state index in [0.717, 1.165) is 5.56 Å². The summed E-state index contributed by atoms with van der Waals surface area (Å²) in [6.07, 6.45) is 0. The highest BCUT2D eigenvalue weighted by molar-refractivity contribution is 6.08. The number of ketones is 1. The Morgan fingerprint density at radius 1 is 1.05 bits per heavy atom. The maximum Gasteiger partial charge on any atom is 0.276 e. The quantitative estimate of drug-likeness (QED) is 0.794. The third kappa shape index (κ3) is 1.49. The fraction of sp³-hybridized carbons (Fsp3) is 0.235. The van der Waals surface area contributed by atoms with E-state index in [9.17, 15) is 4.79 Å². The molecule has 0 N–H and O–H groups in total. The second-order valence-electron chi connectivity index (χ2n) is 5.23. The van der Waals surface area contributed by atoms with Crippen molar-refractivity contribution in [3.05, 3.63) is 65.7 Å². The van der Waals surface area contributed by atoms with Crippen molar-refractivity contribution in [3.63, 3.8) is 0 Å². The molecule has 0 aliphatic carbocycles. The van der Waals surface area contributed by atoms with Gasteiger partial charge in [0, 0.05) is 12.7 Å². The van der Waals surface area contributed by atoms with Crippen molar-refractivity contribution in [2.45, 2.75) is 11.4 Å². The van der Waals surface area contributed by atoms with Crippen LogP contribution in [0.4, 0.5) is 0 Å². The SMILES string of the molecule is COC1(c2ccccc2)Oc2ccccc2C(=O)C12CO2. The first-order valence-corrected chi connectivity index (χ1v) is 6.81. The molecule has 21 heavy (non-hydrogen) atoms. The van der Waals surface area contributed by atoms with Gasteiger partial charge in [0.1, 0.15) is 5.75 Å². The Hall–Kier alpha value is -2.17. The molecule has 0 saturated carbocycles. The summed E-state index contributed by atoms with van der Waals surface area (Å²) in [4.78, 5) is 12.9. The first kappa shape index (κ1) is 12.6. The first-order valence-electron chi connectivity index (χ1n) is 6.81. The van der Waals surface area contributed by atoms with Crippen LogP contribution in [0, 0.1) is 0 Å². The largest absolute Gasteiger partial charge is 0.453 e. The highest BCUT2D eigenvalue weighted by atomic mass is 16.7. The lowest BCUT2D eigenvalue weighted by atomic mass is 9.82. The molecule has 0 amide bonds. The van der Waals surface area contributed by atoms with Crippen LogP contribution in [0.1, 0.15) is 15.9 Å². The van der Waals surface area contributed by atoms with Crippen molar-refractivity contribution in [1.29, 1.82) is 0 Å². The monoisotopic (exact) mass is 282 g/mol. The number of epoxide rings is 1. The van der Waals surface area contributed by atoms with E-state index in [1.54, 1.807) is 12.1 Å². The van der Waals surface area contributed by atoms with E-state index in [-0.39, 0.29) is 5.78 Å². The Balaban J connectivity index is 1.95. The van der Waals surface area contributed by atoms with Gasteiger partial charge >= 0.3 is 0 Å². The summed E-state index contributed by atoms with van der Waals surface area (Å²) in [6.45, 7) is 0.295. The summed E-state index contributed by atoms with van der Waals surface area (Å²) in [5, 5.41) is 0. The van der Waals surface area contributed by atoms with Crippen LogP contribution in [0.25, 0.3) is 0 Å². The molecule has 2 aliphatic heterocycles. The summed E-state index contributed by atoms with van der Waals surface area (Å²) in [6, 6.07) is 16.6. The number of para-hydroxylation sites is 1. The molecule has 2 aromatic rings. The van der Waals surface area contributed by atoms with Crippen LogP contribution in [-0.2, 0) is 15.3 Å². The molecule has 1 spiro atoms. The third-order valence-corrected chi connectivity index (χ3v) is 4.16. The van der Waals surface area contributed by atoms with Crippen LogP contribution < -0.4 is 4.74 Å². The number of fused-ring (bicyclic) bond motifs is 1. The Morgan fingerprint density at radius 3 is 2.38 bits per heavy atom. The lowest BCUT2D eigenvalue weighted by molar-refractivity contribution is -0.209. The number of carbonyl (C=O) groups is 1. The summed E-state index contributed by atoms with van der Waals surface area (Å²) < 4.78 is 17.4. The molecule has 2 heterocycles. The van der Waals surface area contributed by atoms with Gasteiger partial charge in [0.15, 0.2) is 0 Å². The number of methoxy groups -OCH3 is 1. The molecule has 4 rings (SSSR count). The van der Waals surface area contributed by atoms with E-state index < -0.39 is 11.4 Å². The molecule has 4 heteroatoms. The average Bonchev–Trinajstić information content (AvgIpc) is 3.34. The van der Waals surface area contributed by atoms with Crippen molar-refractivity contribution in [1.82, 2.24) is 0 Å². The molecule has 2 unspecified atom stereocenters. The predicted octanol–water partition coefficient (Wildman–Crippen LogP) is 2.53. The molecule has 1 saturated heterocycles. The fourth-order valence-corrected chi connectivity index (χ4v) is 3.01. The van der Waals surface area contributed by atoms with Gasteiger partial charge in [0.25, 0.3) is 5.79 Å². The first-order chi connectivity index (χ1) is 10.2. The van der Waals surface area contributed by atoms with Gasteiger partial charge in [0.05, 0.1) is 12.2 Å². The van der Waals surface area contributed by atoms with Crippen LogP contribution in [0.3, 0.4) is 0 Å². The van der Waals surface area contributed by atoms with Crippen molar-refractivity contribution >= 4 is 5.78 Å². The van der Waals surface area contributed by atoms with Crippen LogP contribution in [0.15, 0.2) is 54.6 Å². The number of rotatable bonds is 2. The minimum absolute atomic E-state index is 0.0879. The highest BCUT2D eigenvalue weighted by Gasteiger charge is 2.73. The number of benzene rings is 2. The van der Waals surface area contributed by atoms with Gasteiger partial charge in [0.2, 0.25) is 11.4 Å². The van der Waals surface area contributed by atoms with Crippen LogP contribution in [0.5, 0.6) is 5.75 Å². The van der Waals surface area contributed by atoms with Gasteiger partial charge < -0.3 is 14.2 Å². The number of hydrogen-bond acceptors (Lipinski definition) is 4. The Bertz CT molecular complexity index is 706. The Labute approximate surface area is 122 Å². The molecule has 2 aliphatic rings. The summed E-state index contributed by atoms with van der Waals surface area (Å²) >= 11 is 0. The molecule has 1 fully saturated rings. The summed E-state index contributed by atoms with van der Waals surface area (Å²) in [5.41, 5.74) is 0.226. The molecular formula is C17H14O4. The lowest BCUT2D eigenvalue weighted by Gasteiger charge is -2.41. The van der Waals surface area contributed by atoms with Gasteiger partial charge in [-0.3, -0.25) is 4.79 Å². The van der Waals surface area contributed by atoms with Crippen molar-refractivity contribution in [3.8, 4) is 5.75 Å². The smallest absolute Gasteiger partial charge is 0.276 e. The molecule has 0 aromatic heterocycles. The molecule has 0 bridgehead atoms. The minimum Gasteiger partial charge on any atom is -0.453 e. The van der Waals surface area contributed by atoms with E-state index in [1.807, 2.05) is 42.5 Å². The van der Waals surface area contributed by atoms with E-state index in [4.69, 9.17) is 14.2 Å². The minimum atomic E-state index is -1.24. The second-order valence-corrected chi connectivity index (χ2v) is 5.23. The number of carbonyl (C=O) groups excluding carboxylic acids is 1. The molecule has 0 radical (unpaired) electrons. The normalized spacial score (nSPS) is 29.9. The Morgan fingerprint density at radius 2 is 1.71 bits per heavy atom. The third-order valence-electron chi connectivity index (χ3n) is 4.16. The topological polar surface area (TPSA) is 48.1 Å². The zero-order valence-electron chi connectivity index (χ0n) is 11.5. The maximum absolute atomic E-state index is 12.9. The van der Waals surface area contributed by atoms with Gasteiger partial charge in [-0.2, -0.15) is 0 Å². The van der Waals surface area contributed by atoms with E-state index in [0.29, 0.717) is 17.9 Å². The number of ether oxygens (including phenoxy) is 3. The zero-order chi connectivity index (χ0) is 14.5. The van der Waals surface area contributed by atoms with Gasteiger partial charge in [-0.25, -0.2) is 0 Å². The van der Waals surface area contributed by atoms with Crippen LogP contribution >= 0.6 is 0 Å². The summed E-state index contributed by atoms with van der Waals surface area (Å²) in [5.74, 6) is -0.802. The highest BCUT2D eigenvalue weighted by Crippen LogP contribution is 2.54. The van der Waals surface area contributed by atoms with E-state index in [1.165, 1.54) is 7.11 Å². The predicted molar refractivity (Wildman–Crippen MR) is 75.2 cm³/mol. The van der Waals surface area contributed by atoms with Gasteiger partial charge in [-0.1, -0.05) is 42.5 Å². The van der Waals surface area contributed by atoms with Crippen molar-refractivity contribution in [2.75, 3.05) is 13.7 Å². The maximum atomic E-state index is 12.9. The van der Waals surface area contributed by atoms with Crippen molar-refractivity contribution in [2.24, 2.45) is 0 Å². The molecule has 4 nitrogen and oxygen atoms in total. The van der Waals surface area contributed by atoms with Crippen LogP contribution in [-0.4, -0.2) is 25.1 Å². The summed E-state index contributed by atoms with van der Waals surface area (Å²) in [7, 11) is 1.54. The van der Waals surface area contributed by atoms with E-state index >= 15 is 0 Å².